The fourth-order valence-electron chi connectivity index (χ4n) is 0.243. The van der Waals surface area contributed by atoms with E-state index in [-0.39, 0.29) is 0 Å². The molecule has 9 heteroatoms. The summed E-state index contributed by atoms with van der Waals surface area (Å²) in [6.45, 7) is -1.05. The number of hydrogen-bond donors (Lipinski definition) is 6. The molecule has 0 spiro atoms. The molecule has 82 valence electrons. The van der Waals surface area contributed by atoms with Crippen LogP contribution in [0.2, 0.25) is 0 Å². The van der Waals surface area contributed by atoms with Gasteiger partial charge in [-0.25, -0.2) is 5.14 Å². The number of aliphatic hydroxyl groups excluding tert-OH is 4. The molecule has 0 aromatic rings. The van der Waals surface area contributed by atoms with Crippen molar-refractivity contribution in [3.8, 4) is 0 Å². The van der Waals surface area contributed by atoms with Gasteiger partial charge < -0.3 is 20.4 Å². The highest BCUT2D eigenvalue weighted by Gasteiger charge is 2.12. The molecule has 0 radical (unpaired) electrons. The van der Waals surface area contributed by atoms with Gasteiger partial charge >= 0.3 is 10.3 Å². The molecular formula is C4H13NO7S. The maximum Gasteiger partial charge on any atom is 0.330 e. The molecule has 13 heavy (non-hydrogen) atoms. The van der Waals surface area contributed by atoms with Gasteiger partial charge in [0.15, 0.2) is 0 Å². The van der Waals surface area contributed by atoms with E-state index >= 15 is 0 Å². The van der Waals surface area contributed by atoms with Crippen molar-refractivity contribution in [1.82, 2.24) is 0 Å². The first-order chi connectivity index (χ1) is 5.72. The lowest BCUT2D eigenvalue weighted by atomic mass is 10.2. The summed E-state index contributed by atoms with van der Waals surface area (Å²) in [5.41, 5.74) is 0. The first-order valence-corrected chi connectivity index (χ1v) is 4.55. The van der Waals surface area contributed by atoms with Gasteiger partial charge in [0.05, 0.1) is 13.2 Å². The summed E-state index contributed by atoms with van der Waals surface area (Å²) in [5.74, 6) is 0. The topological polar surface area (TPSA) is 161 Å². The van der Waals surface area contributed by atoms with E-state index in [1.165, 1.54) is 0 Å². The zero-order chi connectivity index (χ0) is 11.1. The van der Waals surface area contributed by atoms with Crippen molar-refractivity contribution in [3.63, 3.8) is 0 Å². The van der Waals surface area contributed by atoms with Crippen molar-refractivity contribution in [2.75, 3.05) is 13.2 Å². The molecular weight excluding hydrogens is 206 g/mol. The van der Waals surface area contributed by atoms with E-state index in [1.807, 2.05) is 0 Å². The fourth-order valence-corrected chi connectivity index (χ4v) is 0.243. The van der Waals surface area contributed by atoms with Crippen LogP contribution in [0, 0.1) is 0 Å². The maximum absolute atomic E-state index is 8.97. The summed E-state index contributed by atoms with van der Waals surface area (Å²) in [4.78, 5) is 0. The average Bonchev–Trinajstić information content (AvgIpc) is 1.98. The molecule has 0 aromatic heterocycles. The second-order valence-corrected chi connectivity index (χ2v) is 3.04. The van der Waals surface area contributed by atoms with Crippen LogP contribution in [-0.2, 0) is 10.3 Å². The second-order valence-electron chi connectivity index (χ2n) is 2.01. The largest absolute Gasteiger partial charge is 0.394 e. The van der Waals surface area contributed by atoms with Gasteiger partial charge in [0, 0.05) is 0 Å². The van der Waals surface area contributed by atoms with Gasteiger partial charge in [0.2, 0.25) is 0 Å². The molecule has 8 nitrogen and oxygen atoms in total. The highest BCUT2D eigenvalue weighted by Crippen LogP contribution is 1.88. The zero-order valence-electron chi connectivity index (χ0n) is 6.61. The minimum atomic E-state index is -4.17. The monoisotopic (exact) mass is 219 g/mol. The van der Waals surface area contributed by atoms with Gasteiger partial charge in [-0.3, -0.25) is 4.55 Å². The quantitative estimate of drug-likeness (QED) is 0.267. The zero-order valence-corrected chi connectivity index (χ0v) is 7.42. The Labute approximate surface area is 75.1 Å². The van der Waals surface area contributed by atoms with Crippen molar-refractivity contribution < 1.29 is 33.4 Å². The standard InChI is InChI=1S/C4H10O4.H3NO3S/c5-1-3(7)4(8)2-6;1-5(2,3)4/h3-8H,1-2H2;(H3,1,2,3,4)/t3-,4+;. The van der Waals surface area contributed by atoms with Gasteiger partial charge in [0.25, 0.3) is 0 Å². The van der Waals surface area contributed by atoms with Gasteiger partial charge in [-0.15, -0.1) is 0 Å². The fraction of sp³-hybridized carbons (Fsp3) is 1.00. The summed E-state index contributed by atoms with van der Waals surface area (Å²) in [5, 5.41) is 37.0. The van der Waals surface area contributed by atoms with Crippen LogP contribution in [0.3, 0.4) is 0 Å². The Morgan fingerprint density at radius 3 is 1.31 bits per heavy atom. The van der Waals surface area contributed by atoms with E-state index < -0.39 is 35.7 Å². The molecule has 0 bridgehead atoms. The van der Waals surface area contributed by atoms with E-state index in [4.69, 9.17) is 33.4 Å². The van der Waals surface area contributed by atoms with E-state index in [0.29, 0.717) is 0 Å². The molecule has 0 fully saturated rings. The smallest absolute Gasteiger partial charge is 0.330 e. The van der Waals surface area contributed by atoms with Crippen LogP contribution < -0.4 is 5.14 Å². The number of hydrogen-bond acceptors (Lipinski definition) is 6. The maximum atomic E-state index is 8.97. The van der Waals surface area contributed by atoms with Crippen molar-refractivity contribution in [3.05, 3.63) is 0 Å². The van der Waals surface area contributed by atoms with Crippen LogP contribution in [0.15, 0.2) is 0 Å². The SMILES string of the molecule is NS(=O)(=O)O.OC[C@@H](O)[C@@H](O)CO. The van der Waals surface area contributed by atoms with Gasteiger partial charge in [-0.05, 0) is 0 Å². The van der Waals surface area contributed by atoms with Gasteiger partial charge in [-0.1, -0.05) is 0 Å². The Kier molecular flexibility index (Phi) is 8.35. The molecule has 0 aliphatic rings. The highest BCUT2D eigenvalue weighted by molar-refractivity contribution is 7.83. The molecule has 0 heterocycles. The molecule has 0 rings (SSSR count). The predicted molar refractivity (Wildman–Crippen MR) is 41.9 cm³/mol. The molecule has 7 N–H and O–H groups in total. The lowest BCUT2D eigenvalue weighted by molar-refractivity contribution is -0.0388. The number of rotatable bonds is 3. The van der Waals surface area contributed by atoms with Crippen molar-refractivity contribution in [1.29, 1.82) is 0 Å². The summed E-state index contributed by atoms with van der Waals surface area (Å²) in [7, 11) is -4.17. The van der Waals surface area contributed by atoms with E-state index in [9.17, 15) is 0 Å². The molecule has 2 atom stereocenters. The van der Waals surface area contributed by atoms with Crippen LogP contribution in [-0.4, -0.2) is 58.8 Å². The van der Waals surface area contributed by atoms with Crippen LogP contribution in [0.4, 0.5) is 0 Å². The van der Waals surface area contributed by atoms with Crippen molar-refractivity contribution >= 4 is 10.3 Å². The molecule has 0 unspecified atom stereocenters. The lowest BCUT2D eigenvalue weighted by Gasteiger charge is -2.10. The Hall–Kier alpha value is -0.290. The van der Waals surface area contributed by atoms with Crippen LogP contribution in [0.25, 0.3) is 0 Å². The van der Waals surface area contributed by atoms with Crippen molar-refractivity contribution in [2.45, 2.75) is 12.2 Å². The Balaban J connectivity index is 0. The molecule has 0 aliphatic carbocycles. The van der Waals surface area contributed by atoms with E-state index in [0.717, 1.165) is 0 Å². The van der Waals surface area contributed by atoms with Crippen LogP contribution in [0.5, 0.6) is 0 Å². The Morgan fingerprint density at radius 1 is 1.08 bits per heavy atom. The Bertz CT molecular complexity index is 187. The third-order valence-corrected chi connectivity index (χ3v) is 0.818. The molecule has 0 amide bonds. The molecule has 0 saturated carbocycles. The molecule has 0 aromatic carbocycles. The second kappa shape index (κ2) is 7.15. The first-order valence-electron chi connectivity index (χ1n) is 3.05. The summed E-state index contributed by atoms with van der Waals surface area (Å²) < 4.78 is 25.2. The Morgan fingerprint density at radius 2 is 1.23 bits per heavy atom. The number of aliphatic hydroxyl groups is 4. The third kappa shape index (κ3) is 18.6. The van der Waals surface area contributed by atoms with E-state index in [2.05, 4.69) is 5.14 Å². The van der Waals surface area contributed by atoms with E-state index in [1.54, 1.807) is 0 Å². The van der Waals surface area contributed by atoms with Crippen LogP contribution in [0.1, 0.15) is 0 Å². The lowest BCUT2D eigenvalue weighted by Crippen LogP contribution is -2.31. The predicted octanol–water partition coefficient (Wildman–Crippen LogP) is -3.56. The average molecular weight is 219 g/mol. The minimum Gasteiger partial charge on any atom is -0.394 e. The first kappa shape index (κ1) is 15.2. The normalized spacial score (nSPS) is 15.5. The third-order valence-electron chi connectivity index (χ3n) is 0.818. The summed E-state index contributed by atoms with van der Waals surface area (Å²) in [6.07, 6.45) is -2.44. The molecule has 0 saturated heterocycles. The van der Waals surface area contributed by atoms with Gasteiger partial charge in [-0.2, -0.15) is 8.42 Å². The van der Waals surface area contributed by atoms with Crippen LogP contribution >= 0.6 is 0 Å². The summed E-state index contributed by atoms with van der Waals surface area (Å²) in [6, 6.07) is 0. The summed E-state index contributed by atoms with van der Waals surface area (Å²) >= 11 is 0. The minimum absolute atomic E-state index is 0.526. The highest BCUT2D eigenvalue weighted by atomic mass is 32.2. The van der Waals surface area contributed by atoms with Gasteiger partial charge in [0.1, 0.15) is 12.2 Å². The number of nitrogens with two attached hydrogens (primary N) is 1. The molecule has 0 aliphatic heterocycles. The van der Waals surface area contributed by atoms with Crippen molar-refractivity contribution in [2.24, 2.45) is 5.14 Å².